The van der Waals surface area contributed by atoms with Gasteiger partial charge in [-0.2, -0.15) is 0 Å². The molecule has 0 aliphatic carbocycles. The van der Waals surface area contributed by atoms with E-state index in [0.717, 1.165) is 11.1 Å². The molecule has 0 aliphatic rings. The number of aromatic nitrogens is 2. The molecule has 0 radical (unpaired) electrons. The SMILES string of the molecule is Cc1c(Cl)ncnc1Oc1ccc(-c2ccccc2)cc1. The van der Waals surface area contributed by atoms with E-state index in [-0.39, 0.29) is 0 Å². The summed E-state index contributed by atoms with van der Waals surface area (Å²) in [6.07, 6.45) is 1.39. The minimum Gasteiger partial charge on any atom is -0.439 e. The van der Waals surface area contributed by atoms with E-state index in [1.54, 1.807) is 0 Å². The largest absolute Gasteiger partial charge is 0.439 e. The Bertz CT molecular complexity index is 742. The summed E-state index contributed by atoms with van der Waals surface area (Å²) in [4.78, 5) is 8.01. The summed E-state index contributed by atoms with van der Waals surface area (Å²) < 4.78 is 5.75. The Morgan fingerprint density at radius 2 is 1.52 bits per heavy atom. The highest BCUT2D eigenvalue weighted by Gasteiger charge is 2.07. The fraction of sp³-hybridized carbons (Fsp3) is 0.0588. The van der Waals surface area contributed by atoms with Gasteiger partial charge in [-0.15, -0.1) is 0 Å². The van der Waals surface area contributed by atoms with Crippen LogP contribution in [0.2, 0.25) is 5.15 Å². The lowest BCUT2D eigenvalue weighted by Crippen LogP contribution is -1.93. The second-order valence-corrected chi connectivity index (χ2v) is 4.95. The third-order valence-electron chi connectivity index (χ3n) is 3.15. The molecule has 104 valence electrons. The number of hydrogen-bond donors (Lipinski definition) is 0. The summed E-state index contributed by atoms with van der Waals surface area (Å²) in [5, 5.41) is 0.404. The second-order valence-electron chi connectivity index (χ2n) is 4.59. The standard InChI is InChI=1S/C17H13ClN2O/c1-12-16(18)19-11-20-17(12)21-15-9-7-14(8-10-15)13-5-3-2-4-6-13/h2-11H,1H3. The number of rotatable bonds is 3. The maximum atomic E-state index is 5.95. The fourth-order valence-corrected chi connectivity index (χ4v) is 2.10. The number of hydrogen-bond acceptors (Lipinski definition) is 3. The molecule has 3 nitrogen and oxygen atoms in total. The monoisotopic (exact) mass is 296 g/mol. The van der Waals surface area contributed by atoms with Gasteiger partial charge in [0.25, 0.3) is 0 Å². The molecule has 0 atom stereocenters. The maximum absolute atomic E-state index is 5.95. The van der Waals surface area contributed by atoms with Crippen molar-refractivity contribution in [1.29, 1.82) is 0 Å². The minimum atomic E-state index is 0.404. The highest BCUT2D eigenvalue weighted by atomic mass is 35.5. The highest BCUT2D eigenvalue weighted by molar-refractivity contribution is 6.30. The summed E-state index contributed by atoms with van der Waals surface area (Å²) in [6.45, 7) is 1.83. The molecule has 2 aromatic carbocycles. The van der Waals surface area contributed by atoms with E-state index in [4.69, 9.17) is 16.3 Å². The molecule has 0 aliphatic heterocycles. The molecule has 0 saturated carbocycles. The van der Waals surface area contributed by atoms with Crippen molar-refractivity contribution in [3.05, 3.63) is 71.6 Å². The normalized spacial score (nSPS) is 10.4. The quantitative estimate of drug-likeness (QED) is 0.645. The van der Waals surface area contributed by atoms with E-state index < -0.39 is 0 Å². The van der Waals surface area contributed by atoms with Crippen LogP contribution in [0.1, 0.15) is 5.56 Å². The van der Waals surface area contributed by atoms with Crippen LogP contribution >= 0.6 is 11.6 Å². The molecule has 1 aromatic heterocycles. The van der Waals surface area contributed by atoms with Gasteiger partial charge in [-0.1, -0.05) is 54.1 Å². The first-order chi connectivity index (χ1) is 10.2. The zero-order valence-corrected chi connectivity index (χ0v) is 12.2. The van der Waals surface area contributed by atoms with Crippen LogP contribution in [-0.4, -0.2) is 9.97 Å². The molecule has 21 heavy (non-hydrogen) atoms. The van der Waals surface area contributed by atoms with E-state index in [1.165, 1.54) is 11.9 Å². The molecule has 0 bridgehead atoms. The molecule has 3 rings (SSSR count). The molecule has 4 heteroatoms. The van der Waals surface area contributed by atoms with Crippen LogP contribution in [0, 0.1) is 6.92 Å². The van der Waals surface area contributed by atoms with Crippen molar-refractivity contribution in [3.8, 4) is 22.8 Å². The number of halogens is 1. The van der Waals surface area contributed by atoms with Gasteiger partial charge in [-0.05, 0) is 30.2 Å². The van der Waals surface area contributed by atoms with Gasteiger partial charge in [0.1, 0.15) is 17.2 Å². The average molecular weight is 297 g/mol. The van der Waals surface area contributed by atoms with E-state index in [1.807, 2.05) is 49.4 Å². The topological polar surface area (TPSA) is 35.0 Å². The van der Waals surface area contributed by atoms with Gasteiger partial charge < -0.3 is 4.74 Å². The molecule has 0 saturated heterocycles. The zero-order chi connectivity index (χ0) is 14.7. The summed E-state index contributed by atoms with van der Waals surface area (Å²) in [7, 11) is 0. The van der Waals surface area contributed by atoms with Crippen LogP contribution in [-0.2, 0) is 0 Å². The van der Waals surface area contributed by atoms with Crippen molar-refractivity contribution >= 4 is 11.6 Å². The van der Waals surface area contributed by atoms with E-state index in [0.29, 0.717) is 16.8 Å². The van der Waals surface area contributed by atoms with Crippen molar-refractivity contribution in [1.82, 2.24) is 9.97 Å². The third-order valence-corrected chi connectivity index (χ3v) is 3.53. The minimum absolute atomic E-state index is 0.404. The van der Waals surface area contributed by atoms with Crippen molar-refractivity contribution < 1.29 is 4.74 Å². The Morgan fingerprint density at radius 3 is 2.24 bits per heavy atom. The van der Waals surface area contributed by atoms with Gasteiger partial charge in [-0.25, -0.2) is 9.97 Å². The van der Waals surface area contributed by atoms with Crippen LogP contribution in [0.3, 0.4) is 0 Å². The zero-order valence-electron chi connectivity index (χ0n) is 11.5. The Balaban J connectivity index is 1.83. The smallest absolute Gasteiger partial charge is 0.226 e. The fourth-order valence-electron chi connectivity index (χ4n) is 1.97. The molecular weight excluding hydrogens is 284 g/mol. The van der Waals surface area contributed by atoms with E-state index in [9.17, 15) is 0 Å². The van der Waals surface area contributed by atoms with Crippen molar-refractivity contribution in [2.24, 2.45) is 0 Å². The van der Waals surface area contributed by atoms with Gasteiger partial charge >= 0.3 is 0 Å². The van der Waals surface area contributed by atoms with Crippen LogP contribution in [0.15, 0.2) is 60.9 Å². The van der Waals surface area contributed by atoms with Crippen LogP contribution in [0.4, 0.5) is 0 Å². The van der Waals surface area contributed by atoms with Gasteiger partial charge in [0, 0.05) is 5.56 Å². The molecule has 0 unspecified atom stereocenters. The number of nitrogens with zero attached hydrogens (tertiary/aromatic N) is 2. The lowest BCUT2D eigenvalue weighted by atomic mass is 10.1. The Labute approximate surface area is 128 Å². The number of ether oxygens (including phenoxy) is 1. The summed E-state index contributed by atoms with van der Waals surface area (Å²) in [5.74, 6) is 1.19. The molecule has 0 spiro atoms. The van der Waals surface area contributed by atoms with Gasteiger partial charge in [0.05, 0.1) is 0 Å². The molecule has 0 fully saturated rings. The Morgan fingerprint density at radius 1 is 0.857 bits per heavy atom. The molecule has 0 amide bonds. The predicted molar refractivity (Wildman–Crippen MR) is 83.7 cm³/mol. The van der Waals surface area contributed by atoms with Gasteiger partial charge in [0.2, 0.25) is 5.88 Å². The first-order valence-corrected chi connectivity index (χ1v) is 6.92. The van der Waals surface area contributed by atoms with Crippen LogP contribution < -0.4 is 4.74 Å². The van der Waals surface area contributed by atoms with Crippen LogP contribution in [0.5, 0.6) is 11.6 Å². The maximum Gasteiger partial charge on any atom is 0.226 e. The summed E-state index contributed by atoms with van der Waals surface area (Å²) in [5.41, 5.74) is 3.04. The van der Waals surface area contributed by atoms with Gasteiger partial charge in [-0.3, -0.25) is 0 Å². The first-order valence-electron chi connectivity index (χ1n) is 6.54. The predicted octanol–water partition coefficient (Wildman–Crippen LogP) is 4.90. The Hall–Kier alpha value is -2.39. The van der Waals surface area contributed by atoms with Crippen molar-refractivity contribution in [2.45, 2.75) is 6.92 Å². The van der Waals surface area contributed by atoms with E-state index >= 15 is 0 Å². The Kier molecular flexibility index (Phi) is 3.84. The molecule has 0 N–H and O–H groups in total. The molecule has 1 heterocycles. The van der Waals surface area contributed by atoms with Gasteiger partial charge in [0.15, 0.2) is 0 Å². The highest BCUT2D eigenvalue weighted by Crippen LogP contribution is 2.28. The number of benzene rings is 2. The first kappa shape index (κ1) is 13.6. The lowest BCUT2D eigenvalue weighted by Gasteiger charge is -2.08. The second kappa shape index (κ2) is 5.94. The summed E-state index contributed by atoms with van der Waals surface area (Å²) in [6, 6.07) is 18.1. The summed E-state index contributed by atoms with van der Waals surface area (Å²) >= 11 is 5.95. The average Bonchev–Trinajstić information content (AvgIpc) is 2.53. The van der Waals surface area contributed by atoms with Crippen LogP contribution in [0.25, 0.3) is 11.1 Å². The molecule has 3 aromatic rings. The lowest BCUT2D eigenvalue weighted by molar-refractivity contribution is 0.457. The van der Waals surface area contributed by atoms with E-state index in [2.05, 4.69) is 22.1 Å². The van der Waals surface area contributed by atoms with Crippen molar-refractivity contribution in [2.75, 3.05) is 0 Å². The van der Waals surface area contributed by atoms with Crippen molar-refractivity contribution in [3.63, 3.8) is 0 Å². The molecular formula is C17H13ClN2O. The third kappa shape index (κ3) is 3.03.